The van der Waals surface area contributed by atoms with Crippen LogP contribution in [0.1, 0.15) is 18.4 Å². The van der Waals surface area contributed by atoms with Gasteiger partial charge in [0.1, 0.15) is 11.5 Å². The Kier molecular flexibility index (Phi) is 3.48. The van der Waals surface area contributed by atoms with E-state index in [4.69, 9.17) is 14.7 Å². The normalized spacial score (nSPS) is 30.6. The van der Waals surface area contributed by atoms with Crippen molar-refractivity contribution in [1.29, 1.82) is 5.26 Å². The van der Waals surface area contributed by atoms with Crippen LogP contribution in [-0.2, 0) is 4.74 Å². The lowest BCUT2D eigenvalue weighted by molar-refractivity contribution is -0.0964. The molecule has 20 heavy (non-hydrogen) atoms. The van der Waals surface area contributed by atoms with E-state index in [1.54, 1.807) is 18.3 Å². The lowest BCUT2D eigenvalue weighted by atomic mass is 9.83. The van der Waals surface area contributed by atoms with Gasteiger partial charge in [0.05, 0.1) is 6.61 Å². The van der Waals surface area contributed by atoms with Crippen molar-refractivity contribution < 1.29 is 13.9 Å². The van der Waals surface area contributed by atoms with E-state index >= 15 is 0 Å². The van der Waals surface area contributed by atoms with Crippen molar-refractivity contribution >= 4 is 21.6 Å². The average molecular weight is 339 g/mol. The summed E-state index contributed by atoms with van der Waals surface area (Å²) in [6.45, 7) is 0.782. The number of hydrogen-bond donors (Lipinski definition) is 0. The molecule has 0 saturated carbocycles. The third-order valence-electron chi connectivity index (χ3n) is 3.64. The molecule has 0 N–H and O–H groups in total. The molecule has 0 radical (unpaired) electrons. The largest absolute Gasteiger partial charge is 0.481 e. The summed E-state index contributed by atoms with van der Waals surface area (Å²) in [6, 6.07) is 5.29. The van der Waals surface area contributed by atoms with Crippen molar-refractivity contribution in [2.45, 2.75) is 24.6 Å². The highest BCUT2D eigenvalue weighted by atomic mass is 79.9. The Morgan fingerprint density at radius 1 is 1.50 bits per heavy atom. The predicted octanol–water partition coefficient (Wildman–Crippen LogP) is 3.00. The number of halogens is 2. The lowest BCUT2D eigenvalue weighted by Gasteiger charge is -2.43. The second-order valence-corrected chi connectivity index (χ2v) is 5.84. The highest BCUT2D eigenvalue weighted by molar-refractivity contribution is 9.10. The van der Waals surface area contributed by atoms with E-state index in [1.165, 1.54) is 0 Å². The Morgan fingerprint density at radius 2 is 2.35 bits per heavy atom. The number of benzene rings is 1. The first-order valence-corrected chi connectivity index (χ1v) is 7.13. The molecular formula is C14H12BrFN2O2. The fourth-order valence-electron chi connectivity index (χ4n) is 2.69. The van der Waals surface area contributed by atoms with Crippen LogP contribution >= 0.6 is 15.9 Å². The maximum atomic E-state index is 14.9. The molecule has 2 aliphatic heterocycles. The first-order valence-electron chi connectivity index (χ1n) is 6.34. The van der Waals surface area contributed by atoms with E-state index < -0.39 is 11.8 Å². The van der Waals surface area contributed by atoms with Crippen molar-refractivity contribution in [3.63, 3.8) is 0 Å². The molecule has 6 heteroatoms. The van der Waals surface area contributed by atoms with E-state index in [0.29, 0.717) is 24.3 Å². The summed E-state index contributed by atoms with van der Waals surface area (Å²) in [6.07, 6.45) is 1.50. The molecule has 0 aliphatic carbocycles. The van der Waals surface area contributed by atoms with E-state index in [1.807, 2.05) is 6.07 Å². The monoisotopic (exact) mass is 338 g/mol. The minimum Gasteiger partial charge on any atom is -0.481 e. The number of hydrogen-bond acceptors (Lipinski definition) is 4. The standard InChI is InChI=1S/C14H12BrFN2O2/c15-9-2-3-11-10(6-9)12(18-8-17)13(16)14(20-11)4-1-5-19-7-14/h2-3,6,13H,1,4-5,7H2/b18-12-. The van der Waals surface area contributed by atoms with Crippen molar-refractivity contribution in [2.75, 3.05) is 13.2 Å². The van der Waals surface area contributed by atoms with E-state index in [0.717, 1.165) is 10.9 Å². The number of nitriles is 1. The summed E-state index contributed by atoms with van der Waals surface area (Å²) in [5.74, 6) is 0.543. The fourth-order valence-corrected chi connectivity index (χ4v) is 3.05. The van der Waals surface area contributed by atoms with Gasteiger partial charge in [-0.05, 0) is 31.0 Å². The number of fused-ring (bicyclic) bond motifs is 1. The molecule has 1 saturated heterocycles. The zero-order valence-electron chi connectivity index (χ0n) is 10.6. The predicted molar refractivity (Wildman–Crippen MR) is 74.6 cm³/mol. The summed E-state index contributed by atoms with van der Waals surface area (Å²) < 4.78 is 26.9. The molecule has 4 nitrogen and oxygen atoms in total. The van der Waals surface area contributed by atoms with Gasteiger partial charge in [-0.3, -0.25) is 0 Å². The first-order chi connectivity index (χ1) is 9.66. The third kappa shape index (κ3) is 2.11. The fraction of sp³-hybridized carbons (Fsp3) is 0.429. The molecule has 1 aromatic rings. The maximum absolute atomic E-state index is 14.9. The van der Waals surface area contributed by atoms with Crippen LogP contribution in [0.15, 0.2) is 27.7 Å². The van der Waals surface area contributed by atoms with E-state index in [-0.39, 0.29) is 12.3 Å². The third-order valence-corrected chi connectivity index (χ3v) is 4.13. The zero-order chi connectivity index (χ0) is 14.2. The minimum atomic E-state index is -1.47. The molecule has 2 unspecified atom stereocenters. The zero-order valence-corrected chi connectivity index (χ0v) is 12.2. The van der Waals surface area contributed by atoms with Crippen molar-refractivity contribution in [1.82, 2.24) is 0 Å². The average Bonchev–Trinajstić information content (AvgIpc) is 2.46. The van der Waals surface area contributed by atoms with Crippen LogP contribution in [0.4, 0.5) is 4.39 Å². The van der Waals surface area contributed by atoms with Crippen LogP contribution in [0.2, 0.25) is 0 Å². The number of alkyl halides is 1. The molecule has 1 fully saturated rings. The van der Waals surface area contributed by atoms with Crippen LogP contribution in [0.25, 0.3) is 0 Å². The molecule has 2 heterocycles. The second kappa shape index (κ2) is 5.15. The Labute approximate surface area is 124 Å². The molecule has 0 amide bonds. The van der Waals surface area contributed by atoms with Gasteiger partial charge >= 0.3 is 0 Å². The number of ether oxygens (including phenoxy) is 2. The van der Waals surface area contributed by atoms with Crippen molar-refractivity contribution in [3.05, 3.63) is 28.2 Å². The highest BCUT2D eigenvalue weighted by Crippen LogP contribution is 2.40. The quantitative estimate of drug-likeness (QED) is 0.683. The highest BCUT2D eigenvalue weighted by Gasteiger charge is 2.50. The first kappa shape index (κ1) is 13.5. The van der Waals surface area contributed by atoms with Gasteiger partial charge in [0.2, 0.25) is 6.19 Å². The molecule has 1 aromatic carbocycles. The minimum absolute atomic E-state index is 0.126. The van der Waals surface area contributed by atoms with Gasteiger partial charge < -0.3 is 9.47 Å². The van der Waals surface area contributed by atoms with E-state index in [2.05, 4.69) is 20.9 Å². The number of rotatable bonds is 0. The summed E-state index contributed by atoms with van der Waals surface area (Å²) in [4.78, 5) is 3.69. The van der Waals surface area contributed by atoms with Crippen LogP contribution in [0, 0.1) is 11.5 Å². The Bertz CT molecular complexity index is 606. The molecule has 0 bridgehead atoms. The maximum Gasteiger partial charge on any atom is 0.206 e. The molecular weight excluding hydrogens is 327 g/mol. The molecule has 0 aromatic heterocycles. The molecule has 2 atom stereocenters. The Balaban J connectivity index is 2.12. The summed E-state index contributed by atoms with van der Waals surface area (Å²) in [5, 5.41) is 8.83. The SMILES string of the molecule is N#C/N=C1/c2cc(Br)ccc2OC2(CCCOC2)C1F. The van der Waals surface area contributed by atoms with Crippen LogP contribution in [0.5, 0.6) is 5.75 Å². The van der Waals surface area contributed by atoms with Gasteiger partial charge in [0, 0.05) is 16.6 Å². The lowest BCUT2D eigenvalue weighted by Crippen LogP contribution is -2.57. The van der Waals surface area contributed by atoms with Crippen molar-refractivity contribution in [2.24, 2.45) is 4.99 Å². The Hall–Kier alpha value is -1.45. The topological polar surface area (TPSA) is 54.6 Å². The van der Waals surface area contributed by atoms with Crippen LogP contribution < -0.4 is 4.74 Å². The number of nitrogens with zero attached hydrogens (tertiary/aromatic N) is 2. The molecule has 2 aliphatic rings. The summed E-state index contributed by atoms with van der Waals surface area (Å²) in [5.41, 5.74) is -0.417. The van der Waals surface area contributed by atoms with E-state index in [9.17, 15) is 4.39 Å². The van der Waals surface area contributed by atoms with Gasteiger partial charge in [-0.1, -0.05) is 15.9 Å². The van der Waals surface area contributed by atoms with Crippen LogP contribution in [0.3, 0.4) is 0 Å². The molecule has 3 rings (SSSR count). The van der Waals surface area contributed by atoms with Gasteiger partial charge in [0.25, 0.3) is 0 Å². The summed E-state index contributed by atoms with van der Waals surface area (Å²) >= 11 is 3.34. The number of aliphatic imine (C=N–C) groups is 1. The van der Waals surface area contributed by atoms with Gasteiger partial charge in [-0.25, -0.2) is 4.39 Å². The smallest absolute Gasteiger partial charge is 0.206 e. The molecule has 1 spiro atoms. The Morgan fingerprint density at radius 3 is 3.05 bits per heavy atom. The van der Waals surface area contributed by atoms with Gasteiger partial charge in [-0.2, -0.15) is 10.3 Å². The summed E-state index contributed by atoms with van der Waals surface area (Å²) in [7, 11) is 0. The second-order valence-electron chi connectivity index (χ2n) is 4.92. The van der Waals surface area contributed by atoms with Crippen molar-refractivity contribution in [3.8, 4) is 11.9 Å². The van der Waals surface area contributed by atoms with Gasteiger partial charge in [0.15, 0.2) is 11.8 Å². The van der Waals surface area contributed by atoms with Crippen LogP contribution in [-0.4, -0.2) is 30.7 Å². The molecule has 104 valence electrons. The van der Waals surface area contributed by atoms with Gasteiger partial charge in [-0.15, -0.1) is 0 Å².